The van der Waals surface area contributed by atoms with Crippen LogP contribution in [-0.4, -0.2) is 54.0 Å². The number of amides is 2. The van der Waals surface area contributed by atoms with Crippen molar-refractivity contribution >= 4 is 11.7 Å². The van der Waals surface area contributed by atoms with Gasteiger partial charge in [0.25, 0.3) is 0 Å². The normalized spacial score (nSPS) is 13.9. The zero-order chi connectivity index (χ0) is 20.8. The molecule has 156 valence electrons. The molecule has 7 nitrogen and oxygen atoms in total. The lowest BCUT2D eigenvalue weighted by Crippen LogP contribution is -2.51. The zero-order valence-electron chi connectivity index (χ0n) is 17.2. The zero-order valence-corrected chi connectivity index (χ0v) is 17.2. The second-order valence-electron chi connectivity index (χ2n) is 7.33. The van der Waals surface area contributed by atoms with E-state index in [-0.39, 0.29) is 6.03 Å². The van der Waals surface area contributed by atoms with Crippen molar-refractivity contribution in [3.05, 3.63) is 78.1 Å². The van der Waals surface area contributed by atoms with Crippen molar-refractivity contribution in [2.75, 3.05) is 38.2 Å². The molecule has 1 aliphatic rings. The van der Waals surface area contributed by atoms with Crippen LogP contribution >= 0.6 is 0 Å². The number of anilines is 1. The largest absolute Gasteiger partial charge is 0.495 e. The Kier molecular flexibility index (Phi) is 6.17. The number of carbonyl (C=O) groups excluding carboxylic acids is 1. The predicted molar refractivity (Wildman–Crippen MR) is 117 cm³/mol. The van der Waals surface area contributed by atoms with Crippen LogP contribution in [0.1, 0.15) is 11.1 Å². The van der Waals surface area contributed by atoms with Crippen LogP contribution < -0.4 is 15.0 Å². The summed E-state index contributed by atoms with van der Waals surface area (Å²) in [4.78, 5) is 16.8. The molecular formula is C23H27N5O2. The molecule has 7 heteroatoms. The molecule has 1 fully saturated rings. The first-order chi connectivity index (χ1) is 14.7. The van der Waals surface area contributed by atoms with Crippen molar-refractivity contribution in [1.82, 2.24) is 20.0 Å². The Labute approximate surface area is 176 Å². The quantitative estimate of drug-likeness (QED) is 0.685. The number of rotatable bonds is 6. The molecular weight excluding hydrogens is 378 g/mol. The summed E-state index contributed by atoms with van der Waals surface area (Å²) < 4.78 is 7.35. The highest BCUT2D eigenvalue weighted by Crippen LogP contribution is 2.28. The molecule has 2 aromatic carbocycles. The van der Waals surface area contributed by atoms with E-state index in [1.165, 1.54) is 0 Å². The number of hydrogen-bond acceptors (Lipinski definition) is 4. The number of hydrogen-bond donors (Lipinski definition) is 1. The van der Waals surface area contributed by atoms with Crippen LogP contribution in [0.4, 0.5) is 10.5 Å². The van der Waals surface area contributed by atoms with Gasteiger partial charge in [0.1, 0.15) is 5.75 Å². The minimum Gasteiger partial charge on any atom is -0.495 e. The Morgan fingerprint density at radius 1 is 1.03 bits per heavy atom. The third kappa shape index (κ3) is 4.74. The molecule has 1 saturated heterocycles. The molecule has 0 atom stereocenters. The van der Waals surface area contributed by atoms with Crippen LogP contribution in [0, 0.1) is 0 Å². The Balaban J connectivity index is 1.28. The molecule has 3 aromatic rings. The van der Waals surface area contributed by atoms with Crippen LogP contribution in [0.2, 0.25) is 0 Å². The maximum Gasteiger partial charge on any atom is 0.317 e. The lowest BCUT2D eigenvalue weighted by molar-refractivity contribution is 0.194. The molecule has 1 N–H and O–H groups in total. The van der Waals surface area contributed by atoms with Crippen molar-refractivity contribution in [2.24, 2.45) is 0 Å². The highest BCUT2D eigenvalue weighted by molar-refractivity contribution is 5.74. The fourth-order valence-electron chi connectivity index (χ4n) is 3.75. The van der Waals surface area contributed by atoms with Crippen LogP contribution in [0.5, 0.6) is 5.75 Å². The van der Waals surface area contributed by atoms with Crippen molar-refractivity contribution in [3.63, 3.8) is 0 Å². The van der Waals surface area contributed by atoms with E-state index in [9.17, 15) is 4.79 Å². The summed E-state index contributed by atoms with van der Waals surface area (Å²) in [6.07, 6.45) is 3.72. The number of methoxy groups -OCH3 is 1. The topological polar surface area (TPSA) is 62.6 Å². The number of urea groups is 1. The summed E-state index contributed by atoms with van der Waals surface area (Å²) in [6.45, 7) is 4.17. The number of ether oxygens (including phenoxy) is 1. The van der Waals surface area contributed by atoms with Crippen molar-refractivity contribution < 1.29 is 9.53 Å². The molecule has 0 unspecified atom stereocenters. The van der Waals surface area contributed by atoms with E-state index in [2.05, 4.69) is 33.5 Å². The van der Waals surface area contributed by atoms with E-state index < -0.39 is 0 Å². The minimum absolute atomic E-state index is 0.0212. The molecule has 4 rings (SSSR count). The van der Waals surface area contributed by atoms with Gasteiger partial charge < -0.3 is 19.9 Å². The van der Waals surface area contributed by atoms with Gasteiger partial charge in [0, 0.05) is 45.1 Å². The van der Waals surface area contributed by atoms with E-state index in [1.54, 1.807) is 13.3 Å². The van der Waals surface area contributed by atoms with Crippen molar-refractivity contribution in [3.8, 4) is 5.75 Å². The van der Waals surface area contributed by atoms with E-state index in [1.807, 2.05) is 52.2 Å². The monoisotopic (exact) mass is 405 g/mol. The summed E-state index contributed by atoms with van der Waals surface area (Å²) in [6, 6.07) is 18.1. The second-order valence-corrected chi connectivity index (χ2v) is 7.33. The smallest absolute Gasteiger partial charge is 0.317 e. The molecule has 0 bridgehead atoms. The average Bonchev–Trinajstić information content (AvgIpc) is 3.31. The van der Waals surface area contributed by atoms with Gasteiger partial charge in [0.05, 0.1) is 19.3 Å². The highest BCUT2D eigenvalue weighted by atomic mass is 16.5. The summed E-state index contributed by atoms with van der Waals surface area (Å²) >= 11 is 0. The fourth-order valence-corrected chi connectivity index (χ4v) is 3.75. The van der Waals surface area contributed by atoms with Crippen molar-refractivity contribution in [1.29, 1.82) is 0 Å². The summed E-state index contributed by atoms with van der Waals surface area (Å²) in [5, 5.41) is 7.30. The summed E-state index contributed by atoms with van der Waals surface area (Å²) in [5.41, 5.74) is 3.32. The molecule has 2 heterocycles. The number of aromatic nitrogens is 2. The molecule has 0 radical (unpaired) electrons. The predicted octanol–water partition coefficient (Wildman–Crippen LogP) is 2.97. The number of carbonyl (C=O) groups is 1. The van der Waals surface area contributed by atoms with Gasteiger partial charge in [-0.25, -0.2) is 4.79 Å². The van der Waals surface area contributed by atoms with E-state index in [0.717, 1.165) is 42.2 Å². The third-order valence-corrected chi connectivity index (χ3v) is 5.33. The summed E-state index contributed by atoms with van der Waals surface area (Å²) in [5.74, 6) is 0.866. The second kappa shape index (κ2) is 9.35. The minimum atomic E-state index is -0.0212. The number of nitrogens with one attached hydrogen (secondary N) is 1. The Bertz CT molecular complexity index is 965. The molecule has 0 saturated carbocycles. The number of piperazine rings is 1. The van der Waals surface area contributed by atoms with Gasteiger partial charge in [-0.1, -0.05) is 36.4 Å². The highest BCUT2D eigenvalue weighted by Gasteiger charge is 2.22. The van der Waals surface area contributed by atoms with Gasteiger partial charge in [-0.05, 0) is 29.3 Å². The third-order valence-electron chi connectivity index (χ3n) is 5.33. The molecule has 1 aromatic heterocycles. The Morgan fingerprint density at radius 3 is 2.60 bits per heavy atom. The number of nitrogens with zero attached hydrogens (tertiary/aromatic N) is 4. The summed E-state index contributed by atoms with van der Waals surface area (Å²) in [7, 11) is 1.69. The van der Waals surface area contributed by atoms with Crippen LogP contribution in [0.25, 0.3) is 0 Å². The Morgan fingerprint density at radius 2 is 1.83 bits per heavy atom. The first-order valence-corrected chi connectivity index (χ1v) is 10.2. The van der Waals surface area contributed by atoms with E-state index in [0.29, 0.717) is 19.6 Å². The van der Waals surface area contributed by atoms with E-state index >= 15 is 0 Å². The first kappa shape index (κ1) is 19.8. The van der Waals surface area contributed by atoms with Crippen LogP contribution in [0.15, 0.2) is 67.0 Å². The fraction of sp³-hybridized carbons (Fsp3) is 0.304. The maximum atomic E-state index is 12.6. The maximum absolute atomic E-state index is 12.6. The van der Waals surface area contributed by atoms with Crippen LogP contribution in [0.3, 0.4) is 0 Å². The van der Waals surface area contributed by atoms with Gasteiger partial charge in [-0.3, -0.25) is 4.68 Å². The Hall–Kier alpha value is -3.48. The van der Waals surface area contributed by atoms with Gasteiger partial charge in [0.2, 0.25) is 0 Å². The van der Waals surface area contributed by atoms with Gasteiger partial charge in [-0.15, -0.1) is 0 Å². The average molecular weight is 406 g/mol. The van der Waals surface area contributed by atoms with Gasteiger partial charge >= 0.3 is 6.03 Å². The lowest BCUT2D eigenvalue weighted by atomic mass is 10.1. The standard InChI is InChI=1S/C23H27N5O2/c1-30-22-9-3-2-8-21(22)26-12-14-27(15-13-26)23(29)24-17-19-6-4-7-20(16-19)18-28-11-5-10-25-28/h2-11,16H,12-15,17-18H2,1H3,(H,24,29). The number of para-hydroxylation sites is 2. The molecule has 1 aliphatic heterocycles. The SMILES string of the molecule is COc1ccccc1N1CCN(C(=O)NCc2cccc(Cn3cccn3)c2)CC1. The molecule has 0 aliphatic carbocycles. The van der Waals surface area contributed by atoms with Gasteiger partial charge in [0.15, 0.2) is 0 Å². The van der Waals surface area contributed by atoms with Crippen LogP contribution in [-0.2, 0) is 13.1 Å². The lowest BCUT2D eigenvalue weighted by Gasteiger charge is -2.36. The molecule has 2 amide bonds. The molecule has 0 spiro atoms. The molecule has 30 heavy (non-hydrogen) atoms. The van der Waals surface area contributed by atoms with Crippen molar-refractivity contribution in [2.45, 2.75) is 13.1 Å². The van der Waals surface area contributed by atoms with Gasteiger partial charge in [-0.2, -0.15) is 5.10 Å². The number of benzene rings is 2. The van der Waals surface area contributed by atoms with E-state index in [4.69, 9.17) is 4.74 Å². The first-order valence-electron chi connectivity index (χ1n) is 10.2.